The topological polar surface area (TPSA) is 175 Å². The van der Waals surface area contributed by atoms with Crippen molar-refractivity contribution >= 4 is 34.3 Å². The van der Waals surface area contributed by atoms with Gasteiger partial charge in [-0.15, -0.1) is 0 Å². The number of nitrogens with zero attached hydrogens (tertiary/aromatic N) is 3. The fourth-order valence-electron chi connectivity index (χ4n) is 4.77. The number of diazo groups is 1. The number of hydrogen-bond donors (Lipinski definition) is 4. The van der Waals surface area contributed by atoms with Crippen LogP contribution in [0.1, 0.15) is 37.0 Å². The zero-order valence-corrected chi connectivity index (χ0v) is 23.6. The number of carboxylic acid groups (broad SMARTS) is 1. The highest BCUT2D eigenvalue weighted by atomic mass is 16.7. The zero-order valence-electron chi connectivity index (χ0n) is 23.6. The maximum absolute atomic E-state index is 13.7. The maximum Gasteiger partial charge on any atom is 0.389 e. The molecule has 0 spiro atoms. The number of nitrogens with one attached hydrogen (secondary N) is 2. The van der Waals surface area contributed by atoms with E-state index in [1.165, 1.54) is 0 Å². The van der Waals surface area contributed by atoms with E-state index < -0.39 is 41.7 Å². The molecule has 3 aromatic rings. The Morgan fingerprint density at radius 3 is 2.44 bits per heavy atom. The molecule has 3 atom stereocenters. The van der Waals surface area contributed by atoms with Gasteiger partial charge in [0.2, 0.25) is 11.2 Å². The lowest BCUT2D eigenvalue weighted by atomic mass is 9.89. The second-order valence-corrected chi connectivity index (χ2v) is 10.5. The summed E-state index contributed by atoms with van der Waals surface area (Å²) in [5, 5.41) is 39.7. The highest BCUT2D eigenvalue weighted by Crippen LogP contribution is 2.30. The summed E-state index contributed by atoms with van der Waals surface area (Å²) in [4.78, 5) is 47.1. The predicted octanol–water partition coefficient (Wildman–Crippen LogP) is 4.40. The third kappa shape index (κ3) is 7.26. The molecule has 0 bridgehead atoms. The number of rotatable bonds is 12. The maximum atomic E-state index is 13.7. The zero-order chi connectivity index (χ0) is 31.0. The van der Waals surface area contributed by atoms with E-state index in [1.54, 1.807) is 42.5 Å². The Morgan fingerprint density at radius 2 is 1.74 bits per heavy atom. The molecule has 4 N–H and O–H groups in total. The van der Waals surface area contributed by atoms with Gasteiger partial charge in [-0.2, -0.15) is 0 Å². The first-order chi connectivity index (χ1) is 20.6. The van der Waals surface area contributed by atoms with Gasteiger partial charge in [-0.25, -0.2) is 0 Å². The van der Waals surface area contributed by atoms with Gasteiger partial charge in [-0.05, 0) is 34.9 Å². The van der Waals surface area contributed by atoms with Crippen LogP contribution in [0.2, 0.25) is 0 Å². The Bertz CT molecular complexity index is 1590. The third-order valence-corrected chi connectivity index (χ3v) is 7.01. The minimum atomic E-state index is -1.78. The monoisotopic (exact) mass is 586 g/mol. The van der Waals surface area contributed by atoms with Crippen LogP contribution in [0.5, 0.6) is 5.75 Å². The Labute approximate surface area is 247 Å². The van der Waals surface area contributed by atoms with Gasteiger partial charge in [0.1, 0.15) is 18.4 Å². The van der Waals surface area contributed by atoms with Crippen molar-refractivity contribution in [1.82, 2.24) is 10.6 Å². The average molecular weight is 587 g/mol. The van der Waals surface area contributed by atoms with Crippen LogP contribution in [-0.4, -0.2) is 58.0 Å². The minimum Gasteiger partial charge on any atom is -0.504 e. The van der Waals surface area contributed by atoms with Crippen molar-refractivity contribution in [3.63, 3.8) is 0 Å². The number of aliphatic carboxylic acids is 1. The van der Waals surface area contributed by atoms with Gasteiger partial charge in [0, 0.05) is 12.0 Å². The van der Waals surface area contributed by atoms with Crippen molar-refractivity contribution in [3.8, 4) is 5.75 Å². The molecule has 2 unspecified atom stereocenters. The first-order valence-electron chi connectivity index (χ1n) is 13.6. The Balaban J connectivity index is 1.60. The van der Waals surface area contributed by atoms with Crippen LogP contribution in [0, 0.1) is 11.3 Å². The van der Waals surface area contributed by atoms with Gasteiger partial charge >= 0.3 is 12.2 Å². The molecule has 3 aromatic carbocycles. The van der Waals surface area contributed by atoms with Crippen molar-refractivity contribution < 1.29 is 34.2 Å². The minimum absolute atomic E-state index is 0.112. The van der Waals surface area contributed by atoms with E-state index in [4.69, 9.17) is 15.0 Å². The van der Waals surface area contributed by atoms with E-state index in [2.05, 4.69) is 20.8 Å². The molecule has 1 heterocycles. The lowest BCUT2D eigenvalue weighted by Gasteiger charge is -2.28. The number of oxime groups is 1. The molecule has 1 aliphatic heterocycles. The number of para-hydroxylation sites is 1. The molecule has 0 aliphatic carbocycles. The van der Waals surface area contributed by atoms with E-state index in [1.807, 2.05) is 44.2 Å². The summed E-state index contributed by atoms with van der Waals surface area (Å²) in [6.07, 6.45) is -0.197. The molecule has 0 saturated carbocycles. The summed E-state index contributed by atoms with van der Waals surface area (Å²) >= 11 is 0. The SMILES string of the molecule is CC(C)C(NC(=O)c1cccc2ccccc12)C1=NOC(COc2ccccc2)(C(=O)N[C@@H](CC(=O)O)/C(O)=C/[N+]#N)C1. The molecule has 0 saturated heterocycles. The second kappa shape index (κ2) is 13.5. The van der Waals surface area contributed by atoms with Crippen molar-refractivity contribution in [2.45, 2.75) is 44.4 Å². The summed E-state index contributed by atoms with van der Waals surface area (Å²) in [5.41, 5.74) is -0.932. The van der Waals surface area contributed by atoms with Gasteiger partial charge in [-0.1, -0.05) is 73.6 Å². The summed E-state index contributed by atoms with van der Waals surface area (Å²) in [5.74, 6) is -2.87. The number of carbonyl (C=O) groups excluding carboxylic acids is 2. The standard InChI is InChI=1S/C31H31N5O7/c1-19(2)28(35-29(40)23-14-8-10-20-9-6-7-13-22(20)23)25-16-31(43-36-25,18-42-21-11-4-3-5-12-21)30(41)34-24(15-27(38)39)26(37)17-33-32/h3-14,17,19,24,28H,15-16,18H2,1-2H3,(H3-,34,35,37,38,39,40,41)/p+1/b26-17-/t24-,28?,31?/m0/s1. The van der Waals surface area contributed by atoms with E-state index in [0.29, 0.717) is 23.2 Å². The fourth-order valence-corrected chi connectivity index (χ4v) is 4.77. The van der Waals surface area contributed by atoms with Crippen molar-refractivity contribution in [1.29, 1.82) is 5.39 Å². The van der Waals surface area contributed by atoms with Gasteiger partial charge in [-0.3, -0.25) is 14.4 Å². The van der Waals surface area contributed by atoms with Crippen molar-refractivity contribution in [2.24, 2.45) is 11.1 Å². The van der Waals surface area contributed by atoms with E-state index in [0.717, 1.165) is 10.8 Å². The average Bonchev–Trinajstić information content (AvgIpc) is 3.43. The normalized spacial score (nSPS) is 17.7. The van der Waals surface area contributed by atoms with Gasteiger partial charge < -0.3 is 30.4 Å². The molecule has 0 fully saturated rings. The number of carboxylic acids is 1. The summed E-state index contributed by atoms with van der Waals surface area (Å²) < 4.78 is 5.87. The number of amides is 2. The number of aliphatic hydroxyl groups excluding tert-OH is 1. The molecular formula is C31H32N5O7+. The lowest BCUT2D eigenvalue weighted by Crippen LogP contribution is -2.55. The molecular weight excluding hydrogens is 554 g/mol. The van der Waals surface area contributed by atoms with Crippen LogP contribution in [0.4, 0.5) is 0 Å². The molecule has 2 amide bonds. The Morgan fingerprint density at radius 1 is 1.05 bits per heavy atom. The van der Waals surface area contributed by atoms with Crippen LogP contribution < -0.4 is 15.4 Å². The Kier molecular flexibility index (Phi) is 9.57. The van der Waals surface area contributed by atoms with Crippen LogP contribution >= 0.6 is 0 Å². The van der Waals surface area contributed by atoms with Gasteiger partial charge in [0.05, 0.1) is 18.2 Å². The smallest absolute Gasteiger partial charge is 0.389 e. The van der Waals surface area contributed by atoms with Crippen molar-refractivity contribution in [2.75, 3.05) is 6.61 Å². The number of hydrogen-bond acceptors (Lipinski definition) is 8. The van der Waals surface area contributed by atoms with E-state index in [9.17, 15) is 24.6 Å². The van der Waals surface area contributed by atoms with Crippen molar-refractivity contribution in [3.05, 3.63) is 95.3 Å². The number of fused-ring (bicyclic) bond motifs is 1. The number of aliphatic hydroxyl groups is 1. The molecule has 43 heavy (non-hydrogen) atoms. The largest absolute Gasteiger partial charge is 0.504 e. The van der Waals surface area contributed by atoms with Crippen LogP contribution in [0.15, 0.2) is 89.9 Å². The third-order valence-electron chi connectivity index (χ3n) is 7.01. The number of ether oxygens (including phenoxy) is 1. The fraction of sp³-hybridized carbons (Fsp3) is 0.290. The number of carbonyl (C=O) groups is 3. The molecule has 12 nitrogen and oxygen atoms in total. The quantitative estimate of drug-likeness (QED) is 0.178. The lowest BCUT2D eigenvalue weighted by molar-refractivity contribution is -0.149. The first kappa shape index (κ1) is 30.5. The molecule has 0 aromatic heterocycles. The van der Waals surface area contributed by atoms with E-state index >= 15 is 0 Å². The van der Waals surface area contributed by atoms with Gasteiger partial charge in [0.25, 0.3) is 17.4 Å². The van der Waals surface area contributed by atoms with Crippen LogP contribution in [0.3, 0.4) is 0 Å². The molecule has 12 heteroatoms. The summed E-state index contributed by atoms with van der Waals surface area (Å²) in [6.45, 7) is 3.45. The predicted molar refractivity (Wildman–Crippen MR) is 158 cm³/mol. The molecule has 4 rings (SSSR count). The summed E-state index contributed by atoms with van der Waals surface area (Å²) in [7, 11) is 0. The molecule has 222 valence electrons. The second-order valence-electron chi connectivity index (χ2n) is 10.5. The number of benzene rings is 3. The summed E-state index contributed by atoms with van der Waals surface area (Å²) in [6, 6.07) is 19.6. The highest BCUT2D eigenvalue weighted by molar-refractivity contribution is 6.09. The molecule has 1 aliphatic rings. The molecule has 0 radical (unpaired) electrons. The van der Waals surface area contributed by atoms with Gasteiger partial charge in [0.15, 0.2) is 4.98 Å². The van der Waals surface area contributed by atoms with E-state index in [-0.39, 0.29) is 24.9 Å². The highest BCUT2D eigenvalue weighted by Gasteiger charge is 2.50. The van der Waals surface area contributed by atoms with Crippen LogP contribution in [-0.2, 0) is 14.4 Å². The first-order valence-corrected chi connectivity index (χ1v) is 13.6. The van der Waals surface area contributed by atoms with Crippen LogP contribution in [0.25, 0.3) is 15.7 Å². The Hall–Kier alpha value is -5.44.